The fourth-order valence-electron chi connectivity index (χ4n) is 2.87. The molecule has 0 spiro atoms. The molecular formula is C22H24ClN3O3. The van der Waals surface area contributed by atoms with Crippen LogP contribution in [0.5, 0.6) is 11.5 Å². The standard InChI is InChI=1S/C22H24ClN3O3/c1-3-26-21(20(23)13-25-26)14-24-22(27)17-7-5-6-16(12-17)15-29-19-10-8-18(9-11-19)28-4-2/h5-13H,3-4,14-15H2,1-2H3,(H,24,27). The first-order chi connectivity index (χ1) is 14.1. The summed E-state index contributed by atoms with van der Waals surface area (Å²) in [6.45, 7) is 5.92. The number of aryl methyl sites for hydroxylation is 1. The Kier molecular flexibility index (Phi) is 7.14. The van der Waals surface area contributed by atoms with E-state index in [1.807, 2.05) is 56.3 Å². The molecule has 0 aliphatic heterocycles. The molecule has 1 N–H and O–H groups in total. The summed E-state index contributed by atoms with van der Waals surface area (Å²) in [4.78, 5) is 12.5. The SMILES string of the molecule is CCOc1ccc(OCc2cccc(C(=O)NCc3c(Cl)cnn3CC)c2)cc1. The minimum absolute atomic E-state index is 0.173. The average Bonchev–Trinajstić information content (AvgIpc) is 3.11. The molecule has 0 aliphatic rings. The molecule has 0 saturated heterocycles. The van der Waals surface area contributed by atoms with Gasteiger partial charge in [0.25, 0.3) is 5.91 Å². The highest BCUT2D eigenvalue weighted by atomic mass is 35.5. The maximum atomic E-state index is 12.5. The Morgan fingerprint density at radius 1 is 1.10 bits per heavy atom. The van der Waals surface area contributed by atoms with E-state index in [-0.39, 0.29) is 5.91 Å². The van der Waals surface area contributed by atoms with E-state index >= 15 is 0 Å². The summed E-state index contributed by atoms with van der Waals surface area (Å²) < 4.78 is 13.0. The number of hydrogen-bond donors (Lipinski definition) is 1. The van der Waals surface area contributed by atoms with Gasteiger partial charge in [-0.15, -0.1) is 0 Å². The van der Waals surface area contributed by atoms with Crippen LogP contribution >= 0.6 is 11.6 Å². The molecule has 0 fully saturated rings. The molecule has 1 heterocycles. The molecular weight excluding hydrogens is 390 g/mol. The third kappa shape index (κ3) is 5.51. The lowest BCUT2D eigenvalue weighted by Crippen LogP contribution is -2.24. The number of aromatic nitrogens is 2. The zero-order valence-electron chi connectivity index (χ0n) is 16.5. The van der Waals surface area contributed by atoms with E-state index < -0.39 is 0 Å². The Hall–Kier alpha value is -2.99. The van der Waals surface area contributed by atoms with E-state index in [0.29, 0.717) is 36.9 Å². The van der Waals surface area contributed by atoms with Gasteiger partial charge in [-0.05, 0) is 55.8 Å². The van der Waals surface area contributed by atoms with Crippen LogP contribution in [0, 0.1) is 0 Å². The van der Waals surface area contributed by atoms with Gasteiger partial charge in [0.15, 0.2) is 0 Å². The molecule has 152 valence electrons. The fraction of sp³-hybridized carbons (Fsp3) is 0.273. The summed E-state index contributed by atoms with van der Waals surface area (Å²) in [7, 11) is 0. The molecule has 3 rings (SSSR count). The Morgan fingerprint density at radius 3 is 2.52 bits per heavy atom. The molecule has 0 saturated carbocycles. The minimum Gasteiger partial charge on any atom is -0.494 e. The maximum absolute atomic E-state index is 12.5. The zero-order chi connectivity index (χ0) is 20.6. The number of benzene rings is 2. The highest BCUT2D eigenvalue weighted by Crippen LogP contribution is 2.19. The quantitative estimate of drug-likeness (QED) is 0.562. The summed E-state index contributed by atoms with van der Waals surface area (Å²) >= 11 is 6.15. The number of hydrogen-bond acceptors (Lipinski definition) is 4. The van der Waals surface area contributed by atoms with Gasteiger partial charge in [0.05, 0.1) is 30.1 Å². The van der Waals surface area contributed by atoms with Gasteiger partial charge in [0.1, 0.15) is 18.1 Å². The highest BCUT2D eigenvalue weighted by Gasteiger charge is 2.11. The number of nitrogens with one attached hydrogen (secondary N) is 1. The Balaban J connectivity index is 1.58. The van der Waals surface area contributed by atoms with Crippen molar-refractivity contribution in [3.63, 3.8) is 0 Å². The van der Waals surface area contributed by atoms with Crippen molar-refractivity contribution in [2.75, 3.05) is 6.61 Å². The summed E-state index contributed by atoms with van der Waals surface area (Å²) in [6, 6.07) is 14.8. The van der Waals surface area contributed by atoms with Gasteiger partial charge in [0.2, 0.25) is 0 Å². The highest BCUT2D eigenvalue weighted by molar-refractivity contribution is 6.31. The molecule has 0 aliphatic carbocycles. The molecule has 6 nitrogen and oxygen atoms in total. The lowest BCUT2D eigenvalue weighted by molar-refractivity contribution is 0.0949. The first kappa shape index (κ1) is 20.7. The van der Waals surface area contributed by atoms with Gasteiger partial charge in [-0.25, -0.2) is 0 Å². The van der Waals surface area contributed by atoms with Crippen molar-refractivity contribution in [2.24, 2.45) is 0 Å². The summed E-state index contributed by atoms with van der Waals surface area (Å²) in [6.07, 6.45) is 1.59. The van der Waals surface area contributed by atoms with E-state index in [1.54, 1.807) is 16.9 Å². The fourth-order valence-corrected chi connectivity index (χ4v) is 3.08. The van der Waals surface area contributed by atoms with Crippen LogP contribution in [0.4, 0.5) is 0 Å². The maximum Gasteiger partial charge on any atom is 0.251 e. The lowest BCUT2D eigenvalue weighted by atomic mass is 10.1. The van der Waals surface area contributed by atoms with E-state index in [2.05, 4.69) is 10.4 Å². The number of nitrogens with zero attached hydrogens (tertiary/aromatic N) is 2. The van der Waals surface area contributed by atoms with Gasteiger partial charge in [0, 0.05) is 12.1 Å². The third-order valence-corrected chi connectivity index (χ3v) is 4.66. The smallest absolute Gasteiger partial charge is 0.251 e. The molecule has 1 amide bonds. The molecule has 0 radical (unpaired) electrons. The molecule has 0 unspecified atom stereocenters. The van der Waals surface area contributed by atoms with Crippen LogP contribution in [-0.2, 0) is 19.7 Å². The largest absolute Gasteiger partial charge is 0.494 e. The monoisotopic (exact) mass is 413 g/mol. The van der Waals surface area contributed by atoms with Gasteiger partial charge < -0.3 is 14.8 Å². The molecule has 7 heteroatoms. The first-order valence-electron chi connectivity index (χ1n) is 9.53. The van der Waals surface area contributed by atoms with Crippen LogP contribution in [0.3, 0.4) is 0 Å². The molecule has 1 aromatic heterocycles. The second-order valence-corrected chi connectivity index (χ2v) is 6.74. The van der Waals surface area contributed by atoms with Crippen molar-refractivity contribution < 1.29 is 14.3 Å². The topological polar surface area (TPSA) is 65.4 Å². The Bertz CT molecular complexity index is 954. The van der Waals surface area contributed by atoms with E-state index in [4.69, 9.17) is 21.1 Å². The van der Waals surface area contributed by atoms with E-state index in [1.165, 1.54) is 0 Å². The predicted octanol–water partition coefficient (Wildman–Crippen LogP) is 4.46. The van der Waals surface area contributed by atoms with Crippen molar-refractivity contribution in [1.82, 2.24) is 15.1 Å². The van der Waals surface area contributed by atoms with Crippen molar-refractivity contribution in [3.8, 4) is 11.5 Å². The van der Waals surface area contributed by atoms with Crippen LogP contribution in [-0.4, -0.2) is 22.3 Å². The van der Waals surface area contributed by atoms with Gasteiger partial charge in [-0.2, -0.15) is 5.10 Å². The van der Waals surface area contributed by atoms with Crippen LogP contribution in [0.1, 0.15) is 35.5 Å². The summed E-state index contributed by atoms with van der Waals surface area (Å²) in [5.41, 5.74) is 2.26. The zero-order valence-corrected chi connectivity index (χ0v) is 17.3. The summed E-state index contributed by atoms with van der Waals surface area (Å²) in [5, 5.41) is 7.62. The number of halogens is 1. The lowest BCUT2D eigenvalue weighted by Gasteiger charge is -2.10. The van der Waals surface area contributed by atoms with Gasteiger partial charge in [-0.1, -0.05) is 23.7 Å². The van der Waals surface area contributed by atoms with Crippen molar-refractivity contribution >= 4 is 17.5 Å². The normalized spacial score (nSPS) is 10.6. The molecule has 0 atom stereocenters. The second kappa shape index (κ2) is 9.98. The minimum atomic E-state index is -0.173. The Labute approximate surface area is 175 Å². The third-order valence-electron chi connectivity index (χ3n) is 4.34. The molecule has 0 bridgehead atoms. The second-order valence-electron chi connectivity index (χ2n) is 6.33. The average molecular weight is 414 g/mol. The molecule has 3 aromatic rings. The molecule has 2 aromatic carbocycles. The van der Waals surface area contributed by atoms with Gasteiger partial charge in [-0.3, -0.25) is 9.48 Å². The predicted molar refractivity (Wildman–Crippen MR) is 112 cm³/mol. The number of ether oxygens (including phenoxy) is 2. The molecule has 29 heavy (non-hydrogen) atoms. The first-order valence-corrected chi connectivity index (χ1v) is 9.91. The summed E-state index contributed by atoms with van der Waals surface area (Å²) in [5.74, 6) is 1.38. The number of amides is 1. The van der Waals surface area contributed by atoms with Crippen molar-refractivity contribution in [2.45, 2.75) is 33.5 Å². The van der Waals surface area contributed by atoms with Crippen LogP contribution in [0.2, 0.25) is 5.02 Å². The van der Waals surface area contributed by atoms with Crippen LogP contribution < -0.4 is 14.8 Å². The number of rotatable bonds is 9. The van der Waals surface area contributed by atoms with E-state index in [0.717, 1.165) is 22.8 Å². The van der Waals surface area contributed by atoms with Crippen LogP contribution in [0.15, 0.2) is 54.7 Å². The van der Waals surface area contributed by atoms with E-state index in [9.17, 15) is 4.79 Å². The number of carbonyl (C=O) groups is 1. The Morgan fingerprint density at radius 2 is 1.83 bits per heavy atom. The number of carbonyl (C=O) groups excluding carboxylic acids is 1. The van der Waals surface area contributed by atoms with Crippen LogP contribution in [0.25, 0.3) is 0 Å². The van der Waals surface area contributed by atoms with Gasteiger partial charge >= 0.3 is 0 Å². The van der Waals surface area contributed by atoms with Crippen molar-refractivity contribution in [1.29, 1.82) is 0 Å². The van der Waals surface area contributed by atoms with Crippen molar-refractivity contribution in [3.05, 3.63) is 76.6 Å².